The molecule has 0 bridgehead atoms. The molecule has 0 aromatic heterocycles. The first kappa shape index (κ1) is 19.4. The molecule has 0 saturated carbocycles. The van der Waals surface area contributed by atoms with E-state index in [0.29, 0.717) is 45.0 Å². The summed E-state index contributed by atoms with van der Waals surface area (Å²) in [5.74, 6) is 1.16. The molecule has 3 amide bonds. The highest BCUT2D eigenvalue weighted by Crippen LogP contribution is 2.39. The van der Waals surface area contributed by atoms with E-state index in [1.54, 1.807) is 36.4 Å². The summed E-state index contributed by atoms with van der Waals surface area (Å²) in [7, 11) is 0. The molecule has 0 spiro atoms. The Hall–Kier alpha value is -2.90. The first-order valence-corrected chi connectivity index (χ1v) is 9.56. The Morgan fingerprint density at radius 2 is 1.93 bits per heavy atom. The van der Waals surface area contributed by atoms with Gasteiger partial charge >= 0.3 is 6.03 Å². The van der Waals surface area contributed by atoms with Crippen molar-refractivity contribution < 1.29 is 23.8 Å². The molecule has 7 nitrogen and oxygen atoms in total. The minimum Gasteiger partial charge on any atom is -0.493 e. The zero-order chi connectivity index (χ0) is 20.5. The van der Waals surface area contributed by atoms with Crippen LogP contribution in [-0.4, -0.2) is 30.2 Å². The fourth-order valence-electron chi connectivity index (χ4n) is 3.02. The summed E-state index contributed by atoms with van der Waals surface area (Å²) in [6.07, 6.45) is 1.55. The fourth-order valence-corrected chi connectivity index (χ4v) is 3.49. The normalized spacial score (nSPS) is 16.5. The molecule has 2 heterocycles. The number of hydrogen-bond donors (Lipinski definition) is 1. The number of urea groups is 1. The number of fused-ring (bicyclic) bond motifs is 1. The monoisotopic (exact) mass is 434 g/mol. The van der Waals surface area contributed by atoms with Crippen LogP contribution in [-0.2, 0) is 11.3 Å². The van der Waals surface area contributed by atoms with Crippen LogP contribution >= 0.6 is 23.2 Å². The van der Waals surface area contributed by atoms with Crippen molar-refractivity contribution in [2.45, 2.75) is 13.5 Å². The predicted molar refractivity (Wildman–Crippen MR) is 107 cm³/mol. The number of halogens is 2. The van der Waals surface area contributed by atoms with Crippen LogP contribution in [0.1, 0.15) is 18.1 Å². The average molecular weight is 435 g/mol. The van der Waals surface area contributed by atoms with Gasteiger partial charge in [-0.2, -0.15) is 0 Å². The fraction of sp³-hybridized carbons (Fsp3) is 0.200. The molecule has 2 aromatic rings. The Labute approximate surface area is 176 Å². The topological polar surface area (TPSA) is 77.1 Å². The van der Waals surface area contributed by atoms with Crippen molar-refractivity contribution in [3.05, 3.63) is 57.2 Å². The molecule has 1 saturated heterocycles. The van der Waals surface area contributed by atoms with Crippen LogP contribution in [0.2, 0.25) is 10.0 Å². The molecular formula is C20H16Cl2N2O5. The van der Waals surface area contributed by atoms with E-state index in [4.69, 9.17) is 37.4 Å². The molecule has 0 radical (unpaired) electrons. The van der Waals surface area contributed by atoms with Crippen molar-refractivity contribution in [2.24, 2.45) is 0 Å². The van der Waals surface area contributed by atoms with Crippen LogP contribution in [0.25, 0.3) is 6.08 Å². The summed E-state index contributed by atoms with van der Waals surface area (Å²) < 4.78 is 16.4. The summed E-state index contributed by atoms with van der Waals surface area (Å²) in [6, 6.07) is 7.76. The van der Waals surface area contributed by atoms with Crippen LogP contribution in [0.15, 0.2) is 36.0 Å². The number of benzene rings is 2. The molecule has 4 rings (SSSR count). The smallest absolute Gasteiger partial charge is 0.329 e. The first-order valence-electron chi connectivity index (χ1n) is 8.81. The largest absolute Gasteiger partial charge is 0.493 e. The van der Waals surface area contributed by atoms with Gasteiger partial charge in [0.25, 0.3) is 5.91 Å². The molecule has 1 N–H and O–H groups in total. The molecule has 0 atom stereocenters. The number of carbonyl (C=O) groups excluding carboxylic acids is 2. The van der Waals surface area contributed by atoms with Gasteiger partial charge in [0, 0.05) is 21.7 Å². The number of hydrogen-bond acceptors (Lipinski definition) is 5. The lowest BCUT2D eigenvalue weighted by atomic mass is 10.1. The third-order valence-corrected chi connectivity index (χ3v) is 5.00. The number of nitrogens with zero attached hydrogens (tertiary/aromatic N) is 1. The molecule has 9 heteroatoms. The van der Waals surface area contributed by atoms with E-state index in [-0.39, 0.29) is 19.0 Å². The van der Waals surface area contributed by atoms with Crippen molar-refractivity contribution >= 4 is 41.2 Å². The minimum absolute atomic E-state index is 0.0253. The van der Waals surface area contributed by atoms with Crippen molar-refractivity contribution in [3.63, 3.8) is 0 Å². The van der Waals surface area contributed by atoms with E-state index < -0.39 is 11.9 Å². The van der Waals surface area contributed by atoms with Gasteiger partial charge in [0.15, 0.2) is 11.5 Å². The summed E-state index contributed by atoms with van der Waals surface area (Å²) in [4.78, 5) is 26.3. The van der Waals surface area contributed by atoms with Gasteiger partial charge in [0.2, 0.25) is 6.79 Å². The second-order valence-corrected chi connectivity index (χ2v) is 7.14. The van der Waals surface area contributed by atoms with Gasteiger partial charge in [0.05, 0.1) is 13.2 Å². The molecule has 2 aliphatic heterocycles. The van der Waals surface area contributed by atoms with E-state index >= 15 is 0 Å². The Kier molecular flexibility index (Phi) is 5.25. The highest BCUT2D eigenvalue weighted by atomic mass is 35.5. The Morgan fingerprint density at radius 1 is 1.17 bits per heavy atom. The number of ether oxygens (including phenoxy) is 3. The maximum atomic E-state index is 12.8. The summed E-state index contributed by atoms with van der Waals surface area (Å²) in [6.45, 7) is 2.42. The average Bonchev–Trinajstić information content (AvgIpc) is 3.23. The van der Waals surface area contributed by atoms with Gasteiger partial charge in [0.1, 0.15) is 11.4 Å². The van der Waals surface area contributed by atoms with Crippen LogP contribution in [0.4, 0.5) is 4.79 Å². The van der Waals surface area contributed by atoms with Gasteiger partial charge in [-0.25, -0.2) is 4.79 Å². The zero-order valence-electron chi connectivity index (χ0n) is 15.3. The third kappa shape index (κ3) is 3.83. The lowest BCUT2D eigenvalue weighted by molar-refractivity contribution is -0.123. The van der Waals surface area contributed by atoms with Gasteiger partial charge < -0.3 is 19.5 Å². The Morgan fingerprint density at radius 3 is 2.66 bits per heavy atom. The first-order chi connectivity index (χ1) is 14.0. The molecule has 1 fully saturated rings. The van der Waals surface area contributed by atoms with E-state index in [9.17, 15) is 9.59 Å². The van der Waals surface area contributed by atoms with Crippen LogP contribution in [0, 0.1) is 0 Å². The summed E-state index contributed by atoms with van der Waals surface area (Å²) in [5, 5.41) is 3.45. The highest BCUT2D eigenvalue weighted by molar-refractivity contribution is 6.35. The zero-order valence-corrected chi connectivity index (χ0v) is 16.8. The number of imide groups is 1. The van der Waals surface area contributed by atoms with E-state index in [2.05, 4.69) is 5.32 Å². The van der Waals surface area contributed by atoms with Crippen LogP contribution in [0.5, 0.6) is 17.2 Å². The number of rotatable bonds is 5. The highest BCUT2D eigenvalue weighted by Gasteiger charge is 2.34. The molecule has 2 aromatic carbocycles. The predicted octanol–water partition coefficient (Wildman–Crippen LogP) is 4.21. The van der Waals surface area contributed by atoms with E-state index in [1.807, 2.05) is 6.92 Å². The van der Waals surface area contributed by atoms with Gasteiger partial charge in [-0.15, -0.1) is 0 Å². The molecule has 150 valence electrons. The standard InChI is InChI=1S/C20H16Cl2N2O5/c1-2-27-16-8-18-17(28-10-29-18)6-12(16)5-15-19(25)24(20(26)23-15)9-11-3-4-13(21)7-14(11)22/h3-8H,2,9-10H2,1H3,(H,23,26)/b15-5+. The molecule has 0 unspecified atom stereocenters. The van der Waals surface area contributed by atoms with Crippen LogP contribution in [0.3, 0.4) is 0 Å². The number of amides is 3. The molecular weight excluding hydrogens is 419 g/mol. The lowest BCUT2D eigenvalue weighted by Crippen LogP contribution is -2.30. The summed E-state index contributed by atoms with van der Waals surface area (Å²) >= 11 is 12.1. The third-order valence-electron chi connectivity index (χ3n) is 4.41. The second-order valence-electron chi connectivity index (χ2n) is 6.29. The maximum absolute atomic E-state index is 12.8. The number of carbonyl (C=O) groups is 2. The van der Waals surface area contributed by atoms with Gasteiger partial charge in [-0.3, -0.25) is 9.69 Å². The SMILES string of the molecule is CCOc1cc2c(cc1/C=C1/NC(=O)N(Cc3ccc(Cl)cc3Cl)C1=O)OCO2. The van der Waals surface area contributed by atoms with Crippen molar-refractivity contribution in [1.29, 1.82) is 0 Å². The quantitative estimate of drug-likeness (QED) is 0.563. The van der Waals surface area contributed by atoms with Crippen molar-refractivity contribution in [2.75, 3.05) is 13.4 Å². The van der Waals surface area contributed by atoms with Crippen molar-refractivity contribution in [3.8, 4) is 17.2 Å². The van der Waals surface area contributed by atoms with E-state index in [0.717, 1.165) is 4.90 Å². The van der Waals surface area contributed by atoms with Crippen LogP contribution < -0.4 is 19.5 Å². The molecule has 0 aliphatic carbocycles. The Balaban J connectivity index is 1.62. The molecule has 2 aliphatic rings. The lowest BCUT2D eigenvalue weighted by Gasteiger charge is -2.13. The van der Waals surface area contributed by atoms with Gasteiger partial charge in [-0.05, 0) is 36.8 Å². The van der Waals surface area contributed by atoms with E-state index in [1.165, 1.54) is 0 Å². The Bertz CT molecular complexity index is 1040. The summed E-state index contributed by atoms with van der Waals surface area (Å²) in [5.41, 5.74) is 1.32. The number of nitrogens with one attached hydrogen (secondary N) is 1. The maximum Gasteiger partial charge on any atom is 0.329 e. The van der Waals surface area contributed by atoms with Gasteiger partial charge in [-0.1, -0.05) is 29.3 Å². The second kappa shape index (κ2) is 7.85. The minimum atomic E-state index is -0.536. The van der Waals surface area contributed by atoms with Crippen molar-refractivity contribution in [1.82, 2.24) is 10.2 Å². The molecule has 29 heavy (non-hydrogen) atoms.